The van der Waals surface area contributed by atoms with Gasteiger partial charge in [-0.2, -0.15) is 0 Å². The van der Waals surface area contributed by atoms with Crippen LogP contribution in [0.5, 0.6) is 5.75 Å². The van der Waals surface area contributed by atoms with E-state index in [2.05, 4.69) is 28.6 Å². The Morgan fingerprint density at radius 2 is 2.24 bits per heavy atom. The zero-order chi connectivity index (χ0) is 14.8. The first kappa shape index (κ1) is 14.6. The second-order valence-electron chi connectivity index (χ2n) is 6.26. The van der Waals surface area contributed by atoms with E-state index in [0.717, 1.165) is 34.4 Å². The van der Waals surface area contributed by atoms with Gasteiger partial charge in [-0.3, -0.25) is 0 Å². The zero-order valence-corrected chi connectivity index (χ0v) is 13.7. The first-order valence-electron chi connectivity index (χ1n) is 8.03. The van der Waals surface area contributed by atoms with Crippen molar-refractivity contribution in [1.29, 1.82) is 0 Å². The Morgan fingerprint density at radius 3 is 3.00 bits per heavy atom. The number of nitrogens with one attached hydrogen (secondary N) is 1. The van der Waals surface area contributed by atoms with Crippen LogP contribution in [-0.2, 0) is 6.54 Å². The Hall–Kier alpha value is -1.29. The standard InChI is InChI=1S/C17H24N2OS/c1-3-20-15-9-5-8-14-16(15)18-17(21)19(14)11-13-7-4-6-12(2)10-13/h5,8-9,12-13H,3-4,6-7,10-11H2,1-2H3,(H,18,21). The summed E-state index contributed by atoms with van der Waals surface area (Å²) in [6.07, 6.45) is 5.37. The fourth-order valence-electron chi connectivity index (χ4n) is 3.59. The van der Waals surface area contributed by atoms with E-state index in [0.29, 0.717) is 6.61 Å². The fraction of sp³-hybridized carbons (Fsp3) is 0.588. The molecule has 4 heteroatoms. The van der Waals surface area contributed by atoms with Crippen LogP contribution in [0.15, 0.2) is 18.2 Å². The molecule has 0 bridgehead atoms. The average molecular weight is 304 g/mol. The van der Waals surface area contributed by atoms with Crippen LogP contribution in [0.4, 0.5) is 0 Å². The largest absolute Gasteiger partial charge is 0.492 e. The molecule has 1 aromatic carbocycles. The lowest BCUT2D eigenvalue weighted by Crippen LogP contribution is -2.18. The molecular weight excluding hydrogens is 280 g/mol. The van der Waals surface area contributed by atoms with Gasteiger partial charge in [-0.25, -0.2) is 0 Å². The molecule has 21 heavy (non-hydrogen) atoms. The van der Waals surface area contributed by atoms with Crippen molar-refractivity contribution in [2.75, 3.05) is 6.61 Å². The summed E-state index contributed by atoms with van der Waals surface area (Å²) < 4.78 is 8.78. The SMILES string of the molecule is CCOc1cccc2c1[nH]c(=S)n2CC1CCCC(C)C1. The number of fused-ring (bicyclic) bond motifs is 1. The molecule has 114 valence electrons. The molecular formula is C17H24N2OS. The van der Waals surface area contributed by atoms with Crippen molar-refractivity contribution >= 4 is 23.3 Å². The summed E-state index contributed by atoms with van der Waals surface area (Å²) in [5.74, 6) is 2.49. The van der Waals surface area contributed by atoms with Gasteiger partial charge in [0.25, 0.3) is 0 Å². The van der Waals surface area contributed by atoms with Gasteiger partial charge in [0, 0.05) is 6.54 Å². The maximum absolute atomic E-state index is 5.70. The Labute approximate surface area is 131 Å². The number of para-hydroxylation sites is 1. The predicted molar refractivity (Wildman–Crippen MR) is 89.4 cm³/mol. The third kappa shape index (κ3) is 3.00. The minimum Gasteiger partial charge on any atom is -0.492 e. The van der Waals surface area contributed by atoms with E-state index in [9.17, 15) is 0 Å². The first-order valence-corrected chi connectivity index (χ1v) is 8.44. The van der Waals surface area contributed by atoms with Crippen LogP contribution in [0, 0.1) is 16.6 Å². The van der Waals surface area contributed by atoms with E-state index in [-0.39, 0.29) is 0 Å². The maximum atomic E-state index is 5.70. The summed E-state index contributed by atoms with van der Waals surface area (Å²) in [6, 6.07) is 6.19. The van der Waals surface area contributed by atoms with Crippen LogP contribution < -0.4 is 4.74 Å². The zero-order valence-electron chi connectivity index (χ0n) is 12.9. The molecule has 1 aromatic heterocycles. The number of nitrogens with zero attached hydrogens (tertiary/aromatic N) is 1. The molecule has 1 saturated carbocycles. The lowest BCUT2D eigenvalue weighted by Gasteiger charge is -2.27. The van der Waals surface area contributed by atoms with Crippen molar-refractivity contribution in [3.8, 4) is 5.75 Å². The molecule has 2 unspecified atom stereocenters. The third-order valence-electron chi connectivity index (χ3n) is 4.56. The molecule has 1 N–H and O–H groups in total. The molecule has 0 radical (unpaired) electrons. The van der Waals surface area contributed by atoms with E-state index in [1.807, 2.05) is 13.0 Å². The molecule has 3 rings (SSSR count). The van der Waals surface area contributed by atoms with Crippen molar-refractivity contribution in [2.24, 2.45) is 11.8 Å². The monoisotopic (exact) mass is 304 g/mol. The van der Waals surface area contributed by atoms with Crippen LogP contribution in [0.3, 0.4) is 0 Å². The summed E-state index contributed by atoms with van der Waals surface area (Å²) in [6.45, 7) is 6.07. The summed E-state index contributed by atoms with van der Waals surface area (Å²) in [4.78, 5) is 3.33. The lowest BCUT2D eigenvalue weighted by atomic mass is 9.82. The molecule has 0 amide bonds. The van der Waals surface area contributed by atoms with E-state index >= 15 is 0 Å². The molecule has 0 aliphatic heterocycles. The second-order valence-corrected chi connectivity index (χ2v) is 6.65. The number of ether oxygens (including phenoxy) is 1. The van der Waals surface area contributed by atoms with Gasteiger partial charge in [-0.1, -0.05) is 25.8 Å². The van der Waals surface area contributed by atoms with Crippen molar-refractivity contribution < 1.29 is 4.74 Å². The molecule has 0 saturated heterocycles. The van der Waals surface area contributed by atoms with Crippen LogP contribution in [0.25, 0.3) is 11.0 Å². The van der Waals surface area contributed by atoms with Crippen LogP contribution in [-0.4, -0.2) is 16.2 Å². The van der Waals surface area contributed by atoms with Crippen molar-refractivity contribution in [3.05, 3.63) is 23.0 Å². The molecule has 3 nitrogen and oxygen atoms in total. The fourth-order valence-corrected chi connectivity index (χ4v) is 3.87. The first-order chi connectivity index (χ1) is 10.2. The van der Waals surface area contributed by atoms with Crippen molar-refractivity contribution in [2.45, 2.75) is 46.1 Å². The van der Waals surface area contributed by atoms with Gasteiger partial charge < -0.3 is 14.3 Å². The number of H-pyrrole nitrogens is 1. The number of benzene rings is 1. The average Bonchev–Trinajstić information content (AvgIpc) is 2.77. The van der Waals surface area contributed by atoms with Gasteiger partial charge >= 0.3 is 0 Å². The summed E-state index contributed by atoms with van der Waals surface area (Å²) >= 11 is 5.55. The molecule has 2 aromatic rings. The van der Waals surface area contributed by atoms with Gasteiger partial charge in [-0.15, -0.1) is 0 Å². The number of hydrogen-bond acceptors (Lipinski definition) is 2. The van der Waals surface area contributed by atoms with E-state index in [1.165, 1.54) is 31.2 Å². The molecule has 1 heterocycles. The van der Waals surface area contributed by atoms with Gasteiger partial charge in [-0.05, 0) is 56.0 Å². The highest BCUT2D eigenvalue weighted by molar-refractivity contribution is 7.71. The van der Waals surface area contributed by atoms with Gasteiger partial charge in [0.1, 0.15) is 11.3 Å². The Balaban J connectivity index is 1.93. The molecule has 1 aliphatic rings. The van der Waals surface area contributed by atoms with E-state index in [4.69, 9.17) is 17.0 Å². The van der Waals surface area contributed by atoms with E-state index in [1.54, 1.807) is 0 Å². The lowest BCUT2D eigenvalue weighted by molar-refractivity contribution is 0.258. The second kappa shape index (κ2) is 6.22. The quantitative estimate of drug-likeness (QED) is 0.812. The van der Waals surface area contributed by atoms with Crippen LogP contribution in [0.1, 0.15) is 39.5 Å². The summed E-state index contributed by atoms with van der Waals surface area (Å²) in [5.41, 5.74) is 2.21. The smallest absolute Gasteiger partial charge is 0.178 e. The molecule has 1 aliphatic carbocycles. The van der Waals surface area contributed by atoms with Crippen molar-refractivity contribution in [1.82, 2.24) is 9.55 Å². The summed E-state index contributed by atoms with van der Waals surface area (Å²) in [5, 5.41) is 0. The number of imidazole rings is 1. The van der Waals surface area contributed by atoms with Gasteiger partial charge in [0.2, 0.25) is 0 Å². The maximum Gasteiger partial charge on any atom is 0.178 e. The number of aromatic amines is 1. The minimum atomic E-state index is 0.672. The highest BCUT2D eigenvalue weighted by atomic mass is 32.1. The Kier molecular flexibility index (Phi) is 4.34. The van der Waals surface area contributed by atoms with Gasteiger partial charge in [0.05, 0.1) is 12.1 Å². The highest BCUT2D eigenvalue weighted by Gasteiger charge is 2.20. The van der Waals surface area contributed by atoms with Crippen molar-refractivity contribution in [3.63, 3.8) is 0 Å². The number of rotatable bonds is 4. The van der Waals surface area contributed by atoms with Crippen LogP contribution >= 0.6 is 12.2 Å². The molecule has 2 atom stereocenters. The third-order valence-corrected chi connectivity index (χ3v) is 4.88. The Bertz CT molecular complexity index is 673. The Morgan fingerprint density at radius 1 is 1.38 bits per heavy atom. The molecule has 1 fully saturated rings. The number of hydrogen-bond donors (Lipinski definition) is 1. The normalized spacial score (nSPS) is 22.6. The minimum absolute atomic E-state index is 0.672. The van der Waals surface area contributed by atoms with Crippen LogP contribution in [0.2, 0.25) is 0 Å². The van der Waals surface area contributed by atoms with Gasteiger partial charge in [0.15, 0.2) is 4.77 Å². The highest BCUT2D eigenvalue weighted by Crippen LogP contribution is 2.32. The topological polar surface area (TPSA) is 29.9 Å². The predicted octanol–water partition coefficient (Wildman–Crippen LogP) is 4.92. The summed E-state index contributed by atoms with van der Waals surface area (Å²) in [7, 11) is 0. The number of aromatic nitrogens is 2. The molecule has 0 spiro atoms. The van der Waals surface area contributed by atoms with E-state index < -0.39 is 0 Å².